The van der Waals surface area contributed by atoms with Gasteiger partial charge in [0, 0.05) is 0 Å². The molecule has 0 saturated heterocycles. The van der Waals surface area contributed by atoms with Crippen molar-refractivity contribution in [2.24, 2.45) is 11.3 Å². The van der Waals surface area contributed by atoms with E-state index in [0.29, 0.717) is 26.1 Å². The number of ether oxygens (including phenoxy) is 2. The van der Waals surface area contributed by atoms with E-state index in [4.69, 9.17) is 9.47 Å². The molecule has 0 aliphatic carbocycles. The Labute approximate surface area is 180 Å². The molecule has 0 fully saturated rings. The van der Waals surface area contributed by atoms with Crippen molar-refractivity contribution in [1.29, 1.82) is 0 Å². The molecule has 1 atom stereocenters. The van der Waals surface area contributed by atoms with E-state index < -0.39 is 0 Å². The van der Waals surface area contributed by atoms with Crippen LogP contribution >= 0.6 is 0 Å². The van der Waals surface area contributed by atoms with E-state index in [1.807, 2.05) is 20.8 Å². The van der Waals surface area contributed by atoms with Crippen LogP contribution in [0.4, 0.5) is 0 Å². The van der Waals surface area contributed by atoms with Crippen LogP contribution in [0, 0.1) is 11.3 Å². The van der Waals surface area contributed by atoms with Crippen LogP contribution in [0.25, 0.3) is 0 Å². The average Bonchev–Trinajstić information content (AvgIpc) is 2.65. The van der Waals surface area contributed by atoms with Crippen LogP contribution in [0.3, 0.4) is 0 Å². The van der Waals surface area contributed by atoms with E-state index in [1.165, 1.54) is 51.4 Å². The van der Waals surface area contributed by atoms with Crippen LogP contribution in [-0.4, -0.2) is 25.2 Å². The van der Waals surface area contributed by atoms with Gasteiger partial charge in [-0.2, -0.15) is 0 Å². The molecule has 0 rings (SSSR count). The number of unbranched alkanes of at least 4 members (excludes halogenated alkanes) is 10. The molecule has 0 heterocycles. The maximum Gasteiger partial charge on any atom is 0.308 e. The second-order valence-corrected chi connectivity index (χ2v) is 9.37. The fraction of sp³-hybridized carbons (Fsp3) is 0.920. The average molecular weight is 413 g/mol. The minimum Gasteiger partial charge on any atom is -0.466 e. The Bertz CT molecular complexity index is 417. The molecule has 0 spiro atoms. The van der Waals surface area contributed by atoms with E-state index >= 15 is 0 Å². The molecule has 172 valence electrons. The molecule has 0 N–H and O–H groups in total. The van der Waals surface area contributed by atoms with Gasteiger partial charge in [0.05, 0.1) is 25.6 Å². The topological polar surface area (TPSA) is 52.6 Å². The number of carbonyl (C=O) groups excluding carboxylic acids is 2. The summed E-state index contributed by atoms with van der Waals surface area (Å²) in [5.41, 5.74) is -0.267. The molecule has 0 aromatic carbocycles. The van der Waals surface area contributed by atoms with E-state index in [9.17, 15) is 9.59 Å². The quantitative estimate of drug-likeness (QED) is 0.166. The summed E-state index contributed by atoms with van der Waals surface area (Å²) in [6.07, 6.45) is 15.1. The zero-order valence-corrected chi connectivity index (χ0v) is 20.0. The number of rotatable bonds is 19. The molecule has 0 aliphatic rings. The Morgan fingerprint density at radius 3 is 1.69 bits per heavy atom. The van der Waals surface area contributed by atoms with Gasteiger partial charge in [0.25, 0.3) is 0 Å². The van der Waals surface area contributed by atoms with Crippen LogP contribution in [0.1, 0.15) is 125 Å². The second-order valence-electron chi connectivity index (χ2n) is 9.37. The van der Waals surface area contributed by atoms with E-state index in [2.05, 4.69) is 13.8 Å². The third kappa shape index (κ3) is 17.5. The summed E-state index contributed by atoms with van der Waals surface area (Å²) in [6.45, 7) is 11.4. The third-order valence-corrected chi connectivity index (χ3v) is 5.39. The molecule has 0 aliphatic heterocycles. The van der Waals surface area contributed by atoms with Crippen LogP contribution in [0.15, 0.2) is 0 Å². The SMILES string of the molecule is CCCCCCCCOC(=O)CC(C)(C)CC(C)C(=O)OCCCCCCCC. The molecule has 0 aromatic heterocycles. The highest BCUT2D eigenvalue weighted by Gasteiger charge is 2.28. The van der Waals surface area contributed by atoms with Crippen molar-refractivity contribution in [2.75, 3.05) is 13.2 Å². The van der Waals surface area contributed by atoms with Crippen molar-refractivity contribution in [3.05, 3.63) is 0 Å². The lowest BCUT2D eigenvalue weighted by Crippen LogP contribution is -2.26. The predicted octanol–water partition coefficient (Wildman–Crippen LogP) is 7.24. The Balaban J connectivity index is 3.90. The van der Waals surface area contributed by atoms with Crippen molar-refractivity contribution in [1.82, 2.24) is 0 Å². The summed E-state index contributed by atoms with van der Waals surface area (Å²) >= 11 is 0. The summed E-state index contributed by atoms with van der Waals surface area (Å²) in [7, 11) is 0. The number of carbonyl (C=O) groups is 2. The highest BCUT2D eigenvalue weighted by atomic mass is 16.5. The monoisotopic (exact) mass is 412 g/mol. The van der Waals surface area contributed by atoms with E-state index in [-0.39, 0.29) is 23.3 Å². The van der Waals surface area contributed by atoms with Gasteiger partial charge in [-0.05, 0) is 24.7 Å². The normalized spacial score (nSPS) is 12.6. The van der Waals surface area contributed by atoms with Gasteiger partial charge in [0.1, 0.15) is 0 Å². The van der Waals surface area contributed by atoms with Crippen LogP contribution < -0.4 is 0 Å². The Kier molecular flexibility index (Phi) is 17.1. The molecular formula is C25H48O4. The maximum atomic E-state index is 12.2. The van der Waals surface area contributed by atoms with Gasteiger partial charge < -0.3 is 9.47 Å². The molecule has 0 amide bonds. The van der Waals surface area contributed by atoms with Crippen molar-refractivity contribution >= 4 is 11.9 Å². The summed E-state index contributed by atoms with van der Waals surface area (Å²) in [6, 6.07) is 0. The third-order valence-electron chi connectivity index (χ3n) is 5.39. The highest BCUT2D eigenvalue weighted by Crippen LogP contribution is 2.30. The number of esters is 2. The fourth-order valence-electron chi connectivity index (χ4n) is 3.69. The Morgan fingerprint density at radius 2 is 1.17 bits per heavy atom. The zero-order valence-electron chi connectivity index (χ0n) is 20.0. The Morgan fingerprint density at radius 1 is 0.724 bits per heavy atom. The number of hydrogen-bond donors (Lipinski definition) is 0. The lowest BCUT2D eigenvalue weighted by atomic mass is 9.80. The minimum absolute atomic E-state index is 0.146. The lowest BCUT2D eigenvalue weighted by molar-refractivity contribution is -0.151. The molecule has 0 saturated carbocycles. The fourth-order valence-corrected chi connectivity index (χ4v) is 3.69. The molecule has 4 heteroatoms. The predicted molar refractivity (Wildman–Crippen MR) is 121 cm³/mol. The summed E-state index contributed by atoms with van der Waals surface area (Å²) in [5.74, 6) is -0.500. The first-order valence-corrected chi connectivity index (χ1v) is 12.1. The summed E-state index contributed by atoms with van der Waals surface area (Å²) < 4.78 is 10.8. The van der Waals surface area contributed by atoms with Crippen LogP contribution in [0.5, 0.6) is 0 Å². The second kappa shape index (κ2) is 17.8. The van der Waals surface area contributed by atoms with Gasteiger partial charge in [-0.1, -0.05) is 98.8 Å². The first-order valence-electron chi connectivity index (χ1n) is 12.1. The number of hydrogen-bond acceptors (Lipinski definition) is 4. The van der Waals surface area contributed by atoms with Crippen LogP contribution in [-0.2, 0) is 19.1 Å². The molecule has 1 unspecified atom stereocenters. The zero-order chi connectivity index (χ0) is 22.0. The van der Waals surface area contributed by atoms with Gasteiger partial charge in [-0.3, -0.25) is 9.59 Å². The molecular weight excluding hydrogens is 364 g/mol. The van der Waals surface area contributed by atoms with Gasteiger partial charge in [-0.15, -0.1) is 0 Å². The standard InChI is InChI=1S/C25H48O4/c1-6-8-10-12-14-16-18-28-23(26)21-25(4,5)20-22(3)24(27)29-19-17-15-13-11-9-7-2/h22H,6-21H2,1-5H3. The Hall–Kier alpha value is -1.06. The molecule has 4 nitrogen and oxygen atoms in total. The van der Waals surface area contributed by atoms with Gasteiger partial charge in [0.15, 0.2) is 0 Å². The van der Waals surface area contributed by atoms with Gasteiger partial charge in [0.2, 0.25) is 0 Å². The molecule has 0 bridgehead atoms. The van der Waals surface area contributed by atoms with Gasteiger partial charge >= 0.3 is 11.9 Å². The smallest absolute Gasteiger partial charge is 0.308 e. The highest BCUT2D eigenvalue weighted by molar-refractivity contribution is 5.73. The first-order chi connectivity index (χ1) is 13.8. The lowest BCUT2D eigenvalue weighted by Gasteiger charge is -2.26. The molecule has 0 aromatic rings. The van der Waals surface area contributed by atoms with E-state index in [1.54, 1.807) is 0 Å². The van der Waals surface area contributed by atoms with Crippen molar-refractivity contribution in [3.8, 4) is 0 Å². The first kappa shape index (κ1) is 27.9. The largest absolute Gasteiger partial charge is 0.466 e. The summed E-state index contributed by atoms with van der Waals surface area (Å²) in [5, 5.41) is 0. The molecule has 0 radical (unpaired) electrons. The molecule has 29 heavy (non-hydrogen) atoms. The maximum absolute atomic E-state index is 12.2. The van der Waals surface area contributed by atoms with Crippen molar-refractivity contribution < 1.29 is 19.1 Å². The van der Waals surface area contributed by atoms with E-state index in [0.717, 1.165) is 25.7 Å². The van der Waals surface area contributed by atoms with Crippen molar-refractivity contribution in [2.45, 2.75) is 125 Å². The van der Waals surface area contributed by atoms with Gasteiger partial charge in [-0.25, -0.2) is 0 Å². The van der Waals surface area contributed by atoms with Crippen molar-refractivity contribution in [3.63, 3.8) is 0 Å². The van der Waals surface area contributed by atoms with Crippen LogP contribution in [0.2, 0.25) is 0 Å². The minimum atomic E-state index is -0.267. The summed E-state index contributed by atoms with van der Waals surface area (Å²) in [4.78, 5) is 24.3.